The summed E-state index contributed by atoms with van der Waals surface area (Å²) in [5, 5.41) is 1.93. The second-order valence-electron chi connectivity index (χ2n) is 4.18. The summed E-state index contributed by atoms with van der Waals surface area (Å²) in [4.78, 5) is 6.52. The zero-order valence-electron chi connectivity index (χ0n) is 9.57. The molecule has 1 aromatic heterocycles. The molecule has 0 saturated heterocycles. The Kier molecular flexibility index (Phi) is 3.42. The van der Waals surface area contributed by atoms with Crippen molar-refractivity contribution in [3.05, 3.63) is 41.0 Å². The summed E-state index contributed by atoms with van der Waals surface area (Å²) in [5.74, 6) is 0. The number of halogens is 1. The first kappa shape index (κ1) is 11.4. The number of benzene rings is 1. The van der Waals surface area contributed by atoms with E-state index < -0.39 is 0 Å². The molecule has 1 heterocycles. The molecule has 84 valence electrons. The first-order valence-corrected chi connectivity index (χ1v) is 5.72. The zero-order valence-corrected chi connectivity index (χ0v) is 10.3. The second-order valence-corrected chi connectivity index (χ2v) is 4.62. The summed E-state index contributed by atoms with van der Waals surface area (Å²) in [6.45, 7) is 1.03. The average molecular weight is 235 g/mol. The first-order valence-electron chi connectivity index (χ1n) is 5.35. The van der Waals surface area contributed by atoms with Gasteiger partial charge in [0.2, 0.25) is 0 Å². The minimum atomic E-state index is 0.770. The highest BCUT2D eigenvalue weighted by atomic mass is 35.5. The molecule has 0 spiro atoms. The number of likely N-dealkylation sites (N-methyl/N-ethyl adjacent to an activating group) is 1. The van der Waals surface area contributed by atoms with Crippen LogP contribution in [-0.4, -0.2) is 30.5 Å². The van der Waals surface area contributed by atoms with E-state index in [1.165, 1.54) is 5.56 Å². The molecule has 0 atom stereocenters. The summed E-state index contributed by atoms with van der Waals surface area (Å²) in [6, 6.07) is 7.92. The van der Waals surface area contributed by atoms with Crippen LogP contribution in [0.4, 0.5) is 0 Å². The number of hydrogen-bond donors (Lipinski definition) is 0. The molecule has 16 heavy (non-hydrogen) atoms. The molecule has 2 rings (SSSR count). The van der Waals surface area contributed by atoms with Crippen LogP contribution in [-0.2, 0) is 6.42 Å². The van der Waals surface area contributed by atoms with E-state index in [2.05, 4.69) is 30.0 Å². The van der Waals surface area contributed by atoms with E-state index in [9.17, 15) is 0 Å². The van der Waals surface area contributed by atoms with Crippen LogP contribution < -0.4 is 0 Å². The molecule has 0 aliphatic carbocycles. The van der Waals surface area contributed by atoms with Crippen LogP contribution in [0.1, 0.15) is 5.56 Å². The maximum absolute atomic E-state index is 6.02. The predicted molar refractivity (Wildman–Crippen MR) is 69.0 cm³/mol. The molecule has 0 fully saturated rings. The van der Waals surface area contributed by atoms with Crippen molar-refractivity contribution in [2.75, 3.05) is 20.6 Å². The monoisotopic (exact) mass is 234 g/mol. The maximum Gasteiger partial charge on any atom is 0.0705 e. The van der Waals surface area contributed by atoms with E-state index in [1.807, 2.05) is 24.4 Å². The van der Waals surface area contributed by atoms with Crippen LogP contribution in [0, 0.1) is 0 Å². The molecule has 0 radical (unpaired) electrons. The molecule has 0 bridgehead atoms. The van der Waals surface area contributed by atoms with Crippen molar-refractivity contribution in [3.63, 3.8) is 0 Å². The molecule has 0 aliphatic rings. The third-order valence-corrected chi connectivity index (χ3v) is 2.86. The molecule has 2 aromatic rings. The number of hydrogen-bond acceptors (Lipinski definition) is 2. The van der Waals surface area contributed by atoms with E-state index in [0.717, 1.165) is 28.9 Å². The fourth-order valence-electron chi connectivity index (χ4n) is 1.74. The van der Waals surface area contributed by atoms with Crippen molar-refractivity contribution in [2.45, 2.75) is 6.42 Å². The summed E-state index contributed by atoms with van der Waals surface area (Å²) in [6.07, 6.45) is 2.88. The van der Waals surface area contributed by atoms with E-state index in [-0.39, 0.29) is 0 Å². The van der Waals surface area contributed by atoms with Crippen molar-refractivity contribution in [3.8, 4) is 0 Å². The van der Waals surface area contributed by atoms with Gasteiger partial charge in [0.25, 0.3) is 0 Å². The summed E-state index contributed by atoms with van der Waals surface area (Å²) >= 11 is 6.02. The van der Waals surface area contributed by atoms with Gasteiger partial charge in [0.05, 0.1) is 5.52 Å². The minimum Gasteiger partial charge on any atom is -0.309 e. The fourth-order valence-corrected chi connectivity index (χ4v) is 1.91. The highest BCUT2D eigenvalue weighted by Gasteiger charge is 2.03. The largest absolute Gasteiger partial charge is 0.309 e. The first-order chi connectivity index (χ1) is 7.66. The SMILES string of the molecule is CN(C)CCc1ccnc2ccc(Cl)cc12. The molecule has 2 nitrogen and oxygen atoms in total. The lowest BCUT2D eigenvalue weighted by Crippen LogP contribution is -2.15. The minimum absolute atomic E-state index is 0.770. The van der Waals surface area contributed by atoms with Crippen LogP contribution in [0.3, 0.4) is 0 Å². The lowest BCUT2D eigenvalue weighted by Gasteiger charge is -2.11. The Morgan fingerprint density at radius 1 is 1.25 bits per heavy atom. The van der Waals surface area contributed by atoms with Gasteiger partial charge in [-0.3, -0.25) is 4.98 Å². The smallest absolute Gasteiger partial charge is 0.0705 e. The van der Waals surface area contributed by atoms with Crippen LogP contribution in [0.15, 0.2) is 30.5 Å². The molecule has 0 unspecified atom stereocenters. The fraction of sp³-hybridized carbons (Fsp3) is 0.308. The van der Waals surface area contributed by atoms with Crippen molar-refractivity contribution in [2.24, 2.45) is 0 Å². The van der Waals surface area contributed by atoms with Gasteiger partial charge in [0.15, 0.2) is 0 Å². The molecule has 0 N–H and O–H groups in total. The van der Waals surface area contributed by atoms with Gasteiger partial charge in [0, 0.05) is 23.2 Å². The molecular formula is C13H15ClN2. The van der Waals surface area contributed by atoms with Crippen molar-refractivity contribution >= 4 is 22.5 Å². The number of fused-ring (bicyclic) bond motifs is 1. The van der Waals surface area contributed by atoms with Crippen LogP contribution >= 0.6 is 11.6 Å². The molecule has 3 heteroatoms. The Morgan fingerprint density at radius 2 is 2.06 bits per heavy atom. The van der Waals surface area contributed by atoms with Gasteiger partial charge in [-0.25, -0.2) is 0 Å². The zero-order chi connectivity index (χ0) is 11.5. The van der Waals surface area contributed by atoms with E-state index in [0.29, 0.717) is 0 Å². The van der Waals surface area contributed by atoms with Gasteiger partial charge in [-0.2, -0.15) is 0 Å². The second kappa shape index (κ2) is 4.81. The van der Waals surface area contributed by atoms with Gasteiger partial charge in [-0.05, 0) is 50.3 Å². The van der Waals surface area contributed by atoms with Gasteiger partial charge in [-0.15, -0.1) is 0 Å². The van der Waals surface area contributed by atoms with Gasteiger partial charge in [-0.1, -0.05) is 11.6 Å². The Morgan fingerprint density at radius 3 is 2.81 bits per heavy atom. The topological polar surface area (TPSA) is 16.1 Å². The van der Waals surface area contributed by atoms with E-state index in [4.69, 9.17) is 11.6 Å². The summed E-state index contributed by atoms with van der Waals surface area (Å²) in [7, 11) is 4.16. The normalized spacial score (nSPS) is 11.2. The Labute approximate surface area is 101 Å². The van der Waals surface area contributed by atoms with Crippen molar-refractivity contribution < 1.29 is 0 Å². The third-order valence-electron chi connectivity index (χ3n) is 2.62. The van der Waals surface area contributed by atoms with E-state index in [1.54, 1.807) is 0 Å². The number of nitrogens with zero attached hydrogens (tertiary/aromatic N) is 2. The van der Waals surface area contributed by atoms with Gasteiger partial charge in [0.1, 0.15) is 0 Å². The highest BCUT2D eigenvalue weighted by molar-refractivity contribution is 6.31. The Hall–Kier alpha value is -1.12. The summed E-state index contributed by atoms with van der Waals surface area (Å²) < 4.78 is 0. The number of pyridine rings is 1. The summed E-state index contributed by atoms with van der Waals surface area (Å²) in [5.41, 5.74) is 2.32. The highest BCUT2D eigenvalue weighted by Crippen LogP contribution is 2.21. The van der Waals surface area contributed by atoms with Crippen LogP contribution in [0.25, 0.3) is 10.9 Å². The van der Waals surface area contributed by atoms with Gasteiger partial charge < -0.3 is 4.90 Å². The van der Waals surface area contributed by atoms with Crippen LogP contribution in [0.5, 0.6) is 0 Å². The third kappa shape index (κ3) is 2.52. The van der Waals surface area contributed by atoms with Crippen molar-refractivity contribution in [1.82, 2.24) is 9.88 Å². The predicted octanol–water partition coefficient (Wildman–Crippen LogP) is 2.99. The molecule has 0 aliphatic heterocycles. The standard InChI is InChI=1S/C13H15ClN2/c1-16(2)8-6-10-5-7-15-13-4-3-11(14)9-12(10)13/h3-5,7,9H,6,8H2,1-2H3. The number of rotatable bonds is 3. The Bertz CT molecular complexity index is 494. The molecule has 0 amide bonds. The Balaban J connectivity index is 2.40. The van der Waals surface area contributed by atoms with Crippen LogP contribution in [0.2, 0.25) is 5.02 Å². The number of aromatic nitrogens is 1. The van der Waals surface area contributed by atoms with E-state index >= 15 is 0 Å². The quantitative estimate of drug-likeness (QED) is 0.812. The average Bonchev–Trinajstić information content (AvgIpc) is 2.26. The van der Waals surface area contributed by atoms with Crippen molar-refractivity contribution in [1.29, 1.82) is 0 Å². The maximum atomic E-state index is 6.02. The molecule has 1 aromatic carbocycles. The molecule has 0 saturated carbocycles. The molecular weight excluding hydrogens is 220 g/mol. The lowest BCUT2D eigenvalue weighted by molar-refractivity contribution is 0.414. The van der Waals surface area contributed by atoms with Gasteiger partial charge >= 0.3 is 0 Å². The lowest BCUT2D eigenvalue weighted by atomic mass is 10.1.